The van der Waals surface area contributed by atoms with Crippen molar-refractivity contribution in [1.29, 1.82) is 0 Å². The maximum Gasteiger partial charge on any atom is 0.340 e. The molecule has 3 aromatic rings. The van der Waals surface area contributed by atoms with Gasteiger partial charge in [-0.15, -0.1) is 0 Å². The lowest BCUT2D eigenvalue weighted by Crippen LogP contribution is -2.18. The van der Waals surface area contributed by atoms with Gasteiger partial charge in [0, 0.05) is 18.0 Å². The monoisotopic (exact) mass is 409 g/mol. The Labute approximate surface area is 176 Å². The number of aromatic nitrogens is 1. The maximum atomic E-state index is 12.1. The van der Waals surface area contributed by atoms with Crippen molar-refractivity contribution >= 4 is 22.8 Å². The van der Waals surface area contributed by atoms with Crippen LogP contribution < -0.4 is 9.57 Å². The second-order valence-electron chi connectivity index (χ2n) is 7.23. The van der Waals surface area contributed by atoms with Crippen LogP contribution in [0.2, 0.25) is 0 Å². The van der Waals surface area contributed by atoms with Gasteiger partial charge in [0.05, 0.1) is 12.6 Å². The molecule has 2 aromatic carbocycles. The van der Waals surface area contributed by atoms with Gasteiger partial charge in [0.1, 0.15) is 11.3 Å². The number of carbonyl (C=O) groups is 2. The van der Waals surface area contributed by atoms with Crippen LogP contribution in [0.15, 0.2) is 48.7 Å². The molecule has 0 bridgehead atoms. The molecule has 30 heavy (non-hydrogen) atoms. The van der Waals surface area contributed by atoms with E-state index in [2.05, 4.69) is 6.92 Å². The molecule has 0 amide bonds. The number of nitrogens with zero attached hydrogens (tertiary/aromatic N) is 1. The highest BCUT2D eigenvalue weighted by molar-refractivity contribution is 6.00. The second kappa shape index (κ2) is 9.96. The summed E-state index contributed by atoms with van der Waals surface area (Å²) in [6, 6.07) is 12.5. The number of unbranched alkanes of at least 4 members (excludes halogenated alkanes) is 4. The van der Waals surface area contributed by atoms with Crippen molar-refractivity contribution in [3.05, 3.63) is 54.2 Å². The first-order chi connectivity index (χ1) is 14.5. The van der Waals surface area contributed by atoms with Gasteiger partial charge in [0.15, 0.2) is 0 Å². The molecule has 0 saturated carbocycles. The van der Waals surface area contributed by atoms with Gasteiger partial charge in [0.25, 0.3) is 0 Å². The van der Waals surface area contributed by atoms with Gasteiger partial charge in [-0.25, -0.2) is 9.59 Å². The molecular formula is C24H27NO5. The third-order valence-corrected chi connectivity index (χ3v) is 5.11. The molecule has 158 valence electrons. The van der Waals surface area contributed by atoms with Crippen molar-refractivity contribution in [2.75, 3.05) is 7.11 Å². The van der Waals surface area contributed by atoms with Crippen LogP contribution in [0.1, 0.15) is 55.8 Å². The Bertz CT molecular complexity index is 1040. The molecule has 0 aliphatic carbocycles. The van der Waals surface area contributed by atoms with Crippen LogP contribution in [-0.2, 0) is 4.79 Å². The lowest BCUT2D eigenvalue weighted by Gasteiger charge is -2.11. The molecule has 0 saturated heterocycles. The molecule has 0 fully saturated rings. The maximum absolute atomic E-state index is 12.1. The zero-order chi connectivity index (χ0) is 21.5. The normalized spacial score (nSPS) is 10.9. The van der Waals surface area contributed by atoms with E-state index in [0.29, 0.717) is 17.7 Å². The minimum absolute atomic E-state index is 0.119. The molecule has 0 spiro atoms. The van der Waals surface area contributed by atoms with Crippen molar-refractivity contribution in [3.8, 4) is 16.9 Å². The zero-order valence-electron chi connectivity index (χ0n) is 17.4. The quantitative estimate of drug-likeness (QED) is 0.458. The summed E-state index contributed by atoms with van der Waals surface area (Å²) < 4.78 is 6.68. The number of fused-ring (bicyclic) bond motifs is 1. The van der Waals surface area contributed by atoms with Crippen LogP contribution in [0.3, 0.4) is 0 Å². The Morgan fingerprint density at radius 1 is 1.03 bits per heavy atom. The van der Waals surface area contributed by atoms with E-state index in [1.54, 1.807) is 24.4 Å². The first-order valence-corrected chi connectivity index (χ1v) is 10.3. The Hall–Kier alpha value is -3.28. The number of aromatic carboxylic acids is 1. The summed E-state index contributed by atoms with van der Waals surface area (Å²) in [5.74, 6) is -0.993. The highest BCUT2D eigenvalue weighted by Crippen LogP contribution is 2.32. The number of hydrogen-bond donors (Lipinski definition) is 1. The summed E-state index contributed by atoms with van der Waals surface area (Å²) in [4.78, 5) is 29.4. The third kappa shape index (κ3) is 4.82. The van der Waals surface area contributed by atoms with E-state index in [9.17, 15) is 14.7 Å². The predicted octanol–water partition coefficient (Wildman–Crippen LogP) is 5.33. The fraction of sp³-hybridized carbons (Fsp3) is 0.333. The number of carboxylic acid groups (broad SMARTS) is 1. The fourth-order valence-corrected chi connectivity index (χ4v) is 3.55. The average molecular weight is 409 g/mol. The van der Waals surface area contributed by atoms with E-state index >= 15 is 0 Å². The summed E-state index contributed by atoms with van der Waals surface area (Å²) >= 11 is 0. The molecule has 0 atom stereocenters. The van der Waals surface area contributed by atoms with Crippen molar-refractivity contribution < 1.29 is 24.3 Å². The molecular weight excluding hydrogens is 382 g/mol. The van der Waals surface area contributed by atoms with Gasteiger partial charge in [-0.1, -0.05) is 50.8 Å². The molecule has 1 heterocycles. The predicted molar refractivity (Wildman–Crippen MR) is 116 cm³/mol. The van der Waals surface area contributed by atoms with Gasteiger partial charge in [0.2, 0.25) is 0 Å². The van der Waals surface area contributed by atoms with Crippen molar-refractivity contribution in [2.24, 2.45) is 0 Å². The minimum atomic E-state index is -1.05. The van der Waals surface area contributed by atoms with Crippen molar-refractivity contribution in [2.45, 2.75) is 45.4 Å². The number of ether oxygens (including phenoxy) is 1. The number of hydrogen-bond acceptors (Lipinski definition) is 4. The fourth-order valence-electron chi connectivity index (χ4n) is 3.55. The molecule has 0 radical (unpaired) electrons. The lowest BCUT2D eigenvalue weighted by atomic mass is 9.98. The Balaban J connectivity index is 1.79. The first-order valence-electron chi connectivity index (χ1n) is 10.3. The van der Waals surface area contributed by atoms with Gasteiger partial charge < -0.3 is 14.7 Å². The van der Waals surface area contributed by atoms with E-state index < -0.39 is 5.97 Å². The summed E-state index contributed by atoms with van der Waals surface area (Å²) in [6.45, 7) is 2.16. The molecule has 1 N–H and O–H groups in total. The number of carboxylic acids is 1. The number of rotatable bonds is 10. The number of benzene rings is 2. The van der Waals surface area contributed by atoms with Crippen LogP contribution in [-0.4, -0.2) is 28.9 Å². The lowest BCUT2D eigenvalue weighted by molar-refractivity contribution is -0.143. The van der Waals surface area contributed by atoms with Gasteiger partial charge in [-0.2, -0.15) is 4.73 Å². The highest BCUT2D eigenvalue weighted by Gasteiger charge is 2.18. The smallest absolute Gasteiger partial charge is 0.340 e. The summed E-state index contributed by atoms with van der Waals surface area (Å²) in [5, 5.41) is 10.5. The van der Waals surface area contributed by atoms with Crippen molar-refractivity contribution in [1.82, 2.24) is 4.73 Å². The molecule has 0 aliphatic rings. The number of methoxy groups -OCH3 is 1. The van der Waals surface area contributed by atoms with E-state index in [0.717, 1.165) is 35.7 Å². The second-order valence-corrected chi connectivity index (χ2v) is 7.23. The standard InChI is InChI=1S/C24H27NO5/c1-3-4-5-6-7-11-22(26)30-25-15-14-18-16-17(12-13-20(18)25)19-9-8-10-21(29-2)23(19)24(27)28/h8-10,12-16H,3-7,11H2,1-2H3,(H,27,28). The van der Waals surface area contributed by atoms with Gasteiger partial charge in [-0.05, 0) is 41.8 Å². The first kappa shape index (κ1) is 21.4. The van der Waals surface area contributed by atoms with Crippen LogP contribution in [0.4, 0.5) is 0 Å². The highest BCUT2D eigenvalue weighted by atomic mass is 16.7. The van der Waals surface area contributed by atoms with Crippen LogP contribution in [0, 0.1) is 0 Å². The zero-order valence-corrected chi connectivity index (χ0v) is 17.4. The van der Waals surface area contributed by atoms with Gasteiger partial charge in [-0.3, -0.25) is 0 Å². The van der Waals surface area contributed by atoms with Crippen LogP contribution >= 0.6 is 0 Å². The Kier molecular flexibility index (Phi) is 7.12. The molecule has 0 unspecified atom stereocenters. The molecule has 0 aliphatic heterocycles. The molecule has 6 heteroatoms. The van der Waals surface area contributed by atoms with Gasteiger partial charge >= 0.3 is 11.9 Å². The molecule has 6 nitrogen and oxygen atoms in total. The van der Waals surface area contributed by atoms with Crippen LogP contribution in [0.5, 0.6) is 5.75 Å². The Morgan fingerprint density at radius 2 is 1.83 bits per heavy atom. The molecule has 3 rings (SSSR count). The van der Waals surface area contributed by atoms with E-state index in [1.165, 1.54) is 24.7 Å². The number of carbonyl (C=O) groups excluding carboxylic acids is 1. The summed E-state index contributed by atoms with van der Waals surface area (Å²) in [5.41, 5.74) is 2.19. The molecule has 1 aromatic heterocycles. The van der Waals surface area contributed by atoms with E-state index in [1.807, 2.05) is 24.3 Å². The van der Waals surface area contributed by atoms with Crippen molar-refractivity contribution in [3.63, 3.8) is 0 Å². The van der Waals surface area contributed by atoms with E-state index in [4.69, 9.17) is 9.57 Å². The third-order valence-electron chi connectivity index (χ3n) is 5.11. The largest absolute Gasteiger partial charge is 0.496 e. The SMILES string of the molecule is CCCCCCCC(=O)On1ccc2cc(-c3cccc(OC)c3C(=O)O)ccc21. The summed E-state index contributed by atoms with van der Waals surface area (Å²) in [7, 11) is 1.45. The summed E-state index contributed by atoms with van der Waals surface area (Å²) in [6.07, 6.45) is 7.46. The average Bonchev–Trinajstić information content (AvgIpc) is 3.14. The van der Waals surface area contributed by atoms with Crippen LogP contribution in [0.25, 0.3) is 22.0 Å². The Morgan fingerprint density at radius 3 is 2.57 bits per heavy atom. The topological polar surface area (TPSA) is 77.8 Å². The minimum Gasteiger partial charge on any atom is -0.496 e. The van der Waals surface area contributed by atoms with E-state index in [-0.39, 0.29) is 11.5 Å².